The van der Waals surface area contributed by atoms with Gasteiger partial charge in [-0.2, -0.15) is 5.26 Å². The standard InChI is InChI=1S/C12H7BrFN3/c13-10-3-2-9(5-11(10)14)17-12-4-1-8(6-15)7-16-12/h1-5,7H,(H,16,17). The minimum atomic E-state index is -0.344. The second-order valence-corrected chi connectivity index (χ2v) is 4.15. The van der Waals surface area contributed by atoms with E-state index in [-0.39, 0.29) is 5.82 Å². The third-order valence-corrected chi connectivity index (χ3v) is 2.73. The van der Waals surface area contributed by atoms with Gasteiger partial charge in [0.2, 0.25) is 0 Å². The Hall–Kier alpha value is -1.93. The molecule has 84 valence electrons. The van der Waals surface area contributed by atoms with Gasteiger partial charge in [0.1, 0.15) is 17.7 Å². The predicted molar refractivity (Wildman–Crippen MR) is 66.3 cm³/mol. The smallest absolute Gasteiger partial charge is 0.139 e. The molecule has 0 atom stereocenters. The Bertz CT molecular complexity index is 575. The first-order valence-electron chi connectivity index (χ1n) is 4.77. The molecule has 0 radical (unpaired) electrons. The van der Waals surface area contributed by atoms with Crippen LogP contribution < -0.4 is 5.32 Å². The van der Waals surface area contributed by atoms with Crippen molar-refractivity contribution in [2.75, 3.05) is 5.32 Å². The molecule has 0 unspecified atom stereocenters. The van der Waals surface area contributed by atoms with Gasteiger partial charge in [-0.3, -0.25) is 0 Å². The molecule has 0 saturated carbocycles. The highest BCUT2D eigenvalue weighted by atomic mass is 79.9. The Morgan fingerprint density at radius 1 is 1.29 bits per heavy atom. The van der Waals surface area contributed by atoms with Crippen molar-refractivity contribution >= 4 is 27.4 Å². The highest BCUT2D eigenvalue weighted by Crippen LogP contribution is 2.21. The molecule has 0 aliphatic heterocycles. The van der Waals surface area contributed by atoms with Crippen molar-refractivity contribution in [3.63, 3.8) is 0 Å². The van der Waals surface area contributed by atoms with Crippen LogP contribution >= 0.6 is 15.9 Å². The number of nitrogens with zero attached hydrogens (tertiary/aromatic N) is 2. The number of hydrogen-bond acceptors (Lipinski definition) is 3. The normalized spacial score (nSPS) is 9.71. The molecule has 1 aromatic carbocycles. The quantitative estimate of drug-likeness (QED) is 0.920. The molecule has 0 amide bonds. The van der Waals surface area contributed by atoms with Crippen LogP contribution in [0.25, 0.3) is 0 Å². The monoisotopic (exact) mass is 291 g/mol. The van der Waals surface area contributed by atoms with Crippen LogP contribution in [0.1, 0.15) is 5.56 Å². The maximum atomic E-state index is 13.3. The molecule has 2 rings (SSSR count). The van der Waals surface area contributed by atoms with Gasteiger partial charge in [0.05, 0.1) is 10.0 Å². The number of halogens is 2. The third kappa shape index (κ3) is 2.80. The summed E-state index contributed by atoms with van der Waals surface area (Å²) in [5.41, 5.74) is 1.08. The fraction of sp³-hybridized carbons (Fsp3) is 0. The van der Waals surface area contributed by atoms with E-state index in [1.165, 1.54) is 12.3 Å². The maximum Gasteiger partial charge on any atom is 0.139 e. The third-order valence-electron chi connectivity index (χ3n) is 2.08. The molecule has 0 spiro atoms. The van der Waals surface area contributed by atoms with E-state index >= 15 is 0 Å². The Balaban J connectivity index is 2.20. The summed E-state index contributed by atoms with van der Waals surface area (Å²) >= 11 is 3.08. The zero-order valence-corrected chi connectivity index (χ0v) is 10.2. The highest BCUT2D eigenvalue weighted by molar-refractivity contribution is 9.10. The Labute approximate surface area is 106 Å². The summed E-state index contributed by atoms with van der Waals surface area (Å²) in [6, 6.07) is 9.99. The van der Waals surface area contributed by atoms with Crippen molar-refractivity contribution in [2.45, 2.75) is 0 Å². The van der Waals surface area contributed by atoms with E-state index < -0.39 is 0 Å². The molecule has 5 heteroatoms. The van der Waals surface area contributed by atoms with Crippen LogP contribution in [0.4, 0.5) is 15.9 Å². The summed E-state index contributed by atoms with van der Waals surface area (Å²) in [6.45, 7) is 0. The Kier molecular flexibility index (Phi) is 3.35. The van der Waals surface area contributed by atoms with Gasteiger partial charge in [0.25, 0.3) is 0 Å². The van der Waals surface area contributed by atoms with Crippen molar-refractivity contribution in [1.82, 2.24) is 4.98 Å². The first kappa shape index (κ1) is 11.6. The zero-order valence-electron chi connectivity index (χ0n) is 8.61. The lowest BCUT2D eigenvalue weighted by Gasteiger charge is -2.05. The summed E-state index contributed by atoms with van der Waals surface area (Å²) in [7, 11) is 0. The van der Waals surface area contributed by atoms with Crippen LogP contribution in [0.15, 0.2) is 41.0 Å². The molecule has 3 nitrogen and oxygen atoms in total. The van der Waals surface area contributed by atoms with E-state index in [0.717, 1.165) is 0 Å². The number of hydrogen-bond donors (Lipinski definition) is 1. The minimum Gasteiger partial charge on any atom is -0.340 e. The summed E-state index contributed by atoms with van der Waals surface area (Å²) in [5, 5.41) is 11.6. The number of nitriles is 1. The summed E-state index contributed by atoms with van der Waals surface area (Å²) in [5.74, 6) is 0.217. The molecule has 2 aromatic rings. The lowest BCUT2D eigenvalue weighted by atomic mass is 10.3. The second-order valence-electron chi connectivity index (χ2n) is 3.30. The van der Waals surface area contributed by atoms with Gasteiger partial charge >= 0.3 is 0 Å². The summed E-state index contributed by atoms with van der Waals surface area (Å²) in [4.78, 5) is 4.03. The Morgan fingerprint density at radius 2 is 2.12 bits per heavy atom. The van der Waals surface area contributed by atoms with Crippen LogP contribution in [0.5, 0.6) is 0 Å². The molecule has 17 heavy (non-hydrogen) atoms. The van der Waals surface area contributed by atoms with Gasteiger partial charge < -0.3 is 5.32 Å². The lowest BCUT2D eigenvalue weighted by molar-refractivity contribution is 0.622. The van der Waals surface area contributed by atoms with Gasteiger partial charge in [-0.1, -0.05) is 0 Å². The van der Waals surface area contributed by atoms with Crippen molar-refractivity contribution in [2.24, 2.45) is 0 Å². The molecule has 0 aliphatic rings. The number of anilines is 2. The molecule has 1 aromatic heterocycles. The lowest BCUT2D eigenvalue weighted by Crippen LogP contribution is -1.94. The molecular formula is C12H7BrFN3. The van der Waals surface area contributed by atoms with E-state index in [1.807, 2.05) is 6.07 Å². The fourth-order valence-corrected chi connectivity index (χ4v) is 1.50. The van der Waals surface area contributed by atoms with E-state index in [2.05, 4.69) is 26.2 Å². The van der Waals surface area contributed by atoms with Crippen LogP contribution in [0.3, 0.4) is 0 Å². The molecule has 1 N–H and O–H groups in total. The maximum absolute atomic E-state index is 13.3. The summed E-state index contributed by atoms with van der Waals surface area (Å²) < 4.78 is 13.7. The van der Waals surface area contributed by atoms with Gasteiger partial charge in [-0.25, -0.2) is 9.37 Å². The molecular weight excluding hydrogens is 285 g/mol. The SMILES string of the molecule is N#Cc1ccc(Nc2ccc(Br)c(F)c2)nc1. The molecule has 0 aliphatic carbocycles. The van der Waals surface area contributed by atoms with Gasteiger partial charge in [0, 0.05) is 11.9 Å². The molecule has 0 saturated heterocycles. The molecule has 1 heterocycles. The van der Waals surface area contributed by atoms with Gasteiger partial charge in [-0.05, 0) is 46.3 Å². The number of aromatic nitrogens is 1. The van der Waals surface area contributed by atoms with Crippen LogP contribution in [0.2, 0.25) is 0 Å². The van der Waals surface area contributed by atoms with E-state index in [9.17, 15) is 4.39 Å². The first-order valence-corrected chi connectivity index (χ1v) is 5.56. The average molecular weight is 292 g/mol. The van der Waals surface area contributed by atoms with E-state index in [0.29, 0.717) is 21.5 Å². The largest absolute Gasteiger partial charge is 0.340 e. The predicted octanol–water partition coefficient (Wildman–Crippen LogP) is 3.60. The van der Waals surface area contributed by atoms with Crippen LogP contribution in [-0.4, -0.2) is 4.98 Å². The summed E-state index contributed by atoms with van der Waals surface area (Å²) in [6.07, 6.45) is 1.46. The zero-order chi connectivity index (χ0) is 12.3. The second kappa shape index (κ2) is 4.93. The Morgan fingerprint density at radius 3 is 2.71 bits per heavy atom. The molecule has 0 bridgehead atoms. The topological polar surface area (TPSA) is 48.7 Å². The molecule has 0 fully saturated rings. The number of rotatable bonds is 2. The van der Waals surface area contributed by atoms with Gasteiger partial charge in [-0.15, -0.1) is 0 Å². The highest BCUT2D eigenvalue weighted by Gasteiger charge is 2.01. The van der Waals surface area contributed by atoms with E-state index in [1.54, 1.807) is 24.3 Å². The van der Waals surface area contributed by atoms with Crippen molar-refractivity contribution < 1.29 is 4.39 Å². The minimum absolute atomic E-state index is 0.344. The number of benzene rings is 1. The van der Waals surface area contributed by atoms with Crippen molar-refractivity contribution in [3.8, 4) is 6.07 Å². The van der Waals surface area contributed by atoms with Crippen molar-refractivity contribution in [3.05, 3.63) is 52.4 Å². The van der Waals surface area contributed by atoms with Gasteiger partial charge in [0.15, 0.2) is 0 Å². The van der Waals surface area contributed by atoms with Crippen LogP contribution in [0, 0.1) is 17.1 Å². The van der Waals surface area contributed by atoms with Crippen LogP contribution in [-0.2, 0) is 0 Å². The van der Waals surface area contributed by atoms with Crippen molar-refractivity contribution in [1.29, 1.82) is 5.26 Å². The number of nitrogens with one attached hydrogen (secondary N) is 1. The first-order chi connectivity index (χ1) is 8.19. The fourth-order valence-electron chi connectivity index (χ4n) is 1.26. The van der Waals surface area contributed by atoms with E-state index in [4.69, 9.17) is 5.26 Å². The number of pyridine rings is 1. The average Bonchev–Trinajstić information content (AvgIpc) is 2.35.